The number of hydrogen-bond acceptors (Lipinski definition) is 2. The van der Waals surface area contributed by atoms with Gasteiger partial charge in [0.15, 0.2) is 0 Å². The number of rotatable bonds is 3. The maximum atomic E-state index is 11.7. The van der Waals surface area contributed by atoms with Crippen molar-refractivity contribution in [1.82, 2.24) is 0 Å². The Bertz CT molecular complexity index is 362. The lowest BCUT2D eigenvalue weighted by Crippen LogP contribution is -2.37. The molecule has 0 aliphatic carbocycles. The minimum absolute atomic E-state index is 0.200. The smallest absolute Gasteiger partial charge is 0.227 e. The molecule has 2 rings (SSSR count). The highest BCUT2D eigenvalue weighted by atomic mass is 16.5. The van der Waals surface area contributed by atoms with Gasteiger partial charge in [0.1, 0.15) is 0 Å². The maximum Gasteiger partial charge on any atom is 0.227 e. The van der Waals surface area contributed by atoms with E-state index in [0.717, 1.165) is 12.1 Å². The van der Waals surface area contributed by atoms with Crippen molar-refractivity contribution >= 4 is 11.6 Å². The van der Waals surface area contributed by atoms with Gasteiger partial charge in [0, 0.05) is 25.8 Å². The van der Waals surface area contributed by atoms with E-state index in [1.807, 2.05) is 23.1 Å². The van der Waals surface area contributed by atoms with Crippen molar-refractivity contribution in [1.29, 1.82) is 0 Å². The molecule has 3 heteroatoms. The van der Waals surface area contributed by atoms with Gasteiger partial charge in [-0.1, -0.05) is 18.2 Å². The molecule has 0 N–H and O–H groups in total. The third-order valence-electron chi connectivity index (χ3n) is 2.71. The predicted octanol–water partition coefficient (Wildman–Crippen LogP) is 1.61. The Morgan fingerprint density at radius 1 is 1.33 bits per heavy atom. The topological polar surface area (TPSA) is 29.5 Å². The number of fused-ring (bicyclic) bond motifs is 1. The van der Waals surface area contributed by atoms with Crippen LogP contribution in [0.3, 0.4) is 0 Å². The molecule has 80 valence electrons. The molecule has 1 amide bonds. The van der Waals surface area contributed by atoms with Gasteiger partial charge in [-0.2, -0.15) is 0 Å². The van der Waals surface area contributed by atoms with Crippen molar-refractivity contribution in [3.63, 3.8) is 0 Å². The van der Waals surface area contributed by atoms with E-state index in [1.54, 1.807) is 7.11 Å². The van der Waals surface area contributed by atoms with Gasteiger partial charge in [0.05, 0.1) is 6.61 Å². The van der Waals surface area contributed by atoms with E-state index in [0.29, 0.717) is 19.6 Å². The molecule has 0 radical (unpaired) electrons. The summed E-state index contributed by atoms with van der Waals surface area (Å²) in [5.74, 6) is 0.200. The van der Waals surface area contributed by atoms with Crippen LogP contribution in [-0.4, -0.2) is 26.2 Å². The number of para-hydroxylation sites is 1. The molecule has 15 heavy (non-hydrogen) atoms. The summed E-state index contributed by atoms with van der Waals surface area (Å²) in [6.07, 6.45) is 1.47. The van der Waals surface area contributed by atoms with E-state index < -0.39 is 0 Å². The lowest BCUT2D eigenvalue weighted by molar-refractivity contribution is -0.119. The summed E-state index contributed by atoms with van der Waals surface area (Å²) in [4.78, 5) is 13.6. The molecule has 0 saturated heterocycles. The average molecular weight is 205 g/mol. The highest BCUT2D eigenvalue weighted by Gasteiger charge is 2.22. The van der Waals surface area contributed by atoms with Crippen molar-refractivity contribution in [2.45, 2.75) is 12.8 Å². The fraction of sp³-hybridized carbons (Fsp3) is 0.417. The Balaban J connectivity index is 2.25. The van der Waals surface area contributed by atoms with Gasteiger partial charge < -0.3 is 9.64 Å². The van der Waals surface area contributed by atoms with Gasteiger partial charge in [0.2, 0.25) is 5.91 Å². The third kappa shape index (κ3) is 2.02. The number of hydrogen-bond donors (Lipinski definition) is 0. The summed E-state index contributed by atoms with van der Waals surface area (Å²) in [6, 6.07) is 8.07. The standard InChI is InChI=1S/C12H15NO2/c1-15-9-8-13-11-5-3-2-4-10(11)6-7-12(13)14/h2-5H,6-9H2,1H3. The van der Waals surface area contributed by atoms with Gasteiger partial charge in [-0.15, -0.1) is 0 Å². The van der Waals surface area contributed by atoms with Crippen LogP contribution in [0.2, 0.25) is 0 Å². The first-order valence-electron chi connectivity index (χ1n) is 5.20. The normalized spacial score (nSPS) is 15.3. The lowest BCUT2D eigenvalue weighted by Gasteiger charge is -2.29. The van der Waals surface area contributed by atoms with Crippen LogP contribution in [0.1, 0.15) is 12.0 Å². The van der Waals surface area contributed by atoms with E-state index >= 15 is 0 Å². The number of benzene rings is 1. The molecule has 3 nitrogen and oxygen atoms in total. The molecule has 0 aromatic heterocycles. The summed E-state index contributed by atoms with van der Waals surface area (Å²) < 4.78 is 5.01. The molecule has 0 spiro atoms. The zero-order valence-corrected chi connectivity index (χ0v) is 8.90. The molecule has 1 aliphatic heterocycles. The number of nitrogens with zero attached hydrogens (tertiary/aromatic N) is 1. The Morgan fingerprint density at radius 3 is 2.93 bits per heavy atom. The molecule has 0 atom stereocenters. The molecule has 1 aromatic carbocycles. The minimum Gasteiger partial charge on any atom is -0.383 e. The number of methoxy groups -OCH3 is 1. The summed E-state index contributed by atoms with van der Waals surface area (Å²) in [5, 5.41) is 0. The molecule has 0 saturated carbocycles. The molecule has 0 unspecified atom stereocenters. The van der Waals surface area contributed by atoms with Gasteiger partial charge in [-0.25, -0.2) is 0 Å². The van der Waals surface area contributed by atoms with Crippen LogP contribution >= 0.6 is 0 Å². The van der Waals surface area contributed by atoms with Crippen molar-refractivity contribution in [2.75, 3.05) is 25.2 Å². The average Bonchev–Trinajstić information content (AvgIpc) is 2.28. The Hall–Kier alpha value is -1.35. The summed E-state index contributed by atoms with van der Waals surface area (Å²) in [7, 11) is 1.65. The van der Waals surface area contributed by atoms with Crippen molar-refractivity contribution in [2.24, 2.45) is 0 Å². The van der Waals surface area contributed by atoms with Crippen LogP contribution in [0.25, 0.3) is 0 Å². The number of carbonyl (C=O) groups is 1. The Morgan fingerprint density at radius 2 is 2.13 bits per heavy atom. The summed E-state index contributed by atoms with van der Waals surface area (Å²) in [6.45, 7) is 1.23. The molecule has 0 fully saturated rings. The fourth-order valence-electron chi connectivity index (χ4n) is 1.92. The number of anilines is 1. The second-order valence-electron chi connectivity index (χ2n) is 3.67. The number of amides is 1. The molecular weight excluding hydrogens is 190 g/mol. The second kappa shape index (κ2) is 4.45. The van der Waals surface area contributed by atoms with Crippen LogP contribution in [0.5, 0.6) is 0 Å². The minimum atomic E-state index is 0.200. The van der Waals surface area contributed by atoms with Gasteiger partial charge >= 0.3 is 0 Å². The third-order valence-corrected chi connectivity index (χ3v) is 2.71. The van der Waals surface area contributed by atoms with E-state index in [2.05, 4.69) is 6.07 Å². The van der Waals surface area contributed by atoms with E-state index in [1.165, 1.54) is 5.56 Å². The largest absolute Gasteiger partial charge is 0.383 e. The molecule has 1 aliphatic rings. The summed E-state index contributed by atoms with van der Waals surface area (Å²) in [5.41, 5.74) is 2.30. The van der Waals surface area contributed by atoms with Crippen molar-refractivity contribution in [3.8, 4) is 0 Å². The first kappa shape index (κ1) is 10.2. The Labute approximate surface area is 89.7 Å². The first-order chi connectivity index (χ1) is 7.33. The molecule has 0 bridgehead atoms. The van der Waals surface area contributed by atoms with Crippen LogP contribution in [0.15, 0.2) is 24.3 Å². The zero-order chi connectivity index (χ0) is 10.7. The quantitative estimate of drug-likeness (QED) is 0.750. The fourth-order valence-corrected chi connectivity index (χ4v) is 1.92. The molecule has 1 heterocycles. The van der Waals surface area contributed by atoms with Crippen molar-refractivity contribution < 1.29 is 9.53 Å². The SMILES string of the molecule is COCCN1C(=O)CCc2ccccc21. The number of aryl methyl sites for hydroxylation is 1. The van der Waals surface area contributed by atoms with Gasteiger partial charge in [-0.05, 0) is 18.1 Å². The number of ether oxygens (including phenoxy) is 1. The summed E-state index contributed by atoms with van der Waals surface area (Å²) >= 11 is 0. The van der Waals surface area contributed by atoms with Crippen LogP contribution in [0.4, 0.5) is 5.69 Å². The highest BCUT2D eigenvalue weighted by Crippen LogP contribution is 2.26. The van der Waals surface area contributed by atoms with Crippen LogP contribution in [0, 0.1) is 0 Å². The lowest BCUT2D eigenvalue weighted by atomic mass is 10.0. The van der Waals surface area contributed by atoms with Gasteiger partial charge in [0.25, 0.3) is 0 Å². The van der Waals surface area contributed by atoms with E-state index in [9.17, 15) is 4.79 Å². The van der Waals surface area contributed by atoms with Crippen LogP contribution < -0.4 is 4.90 Å². The zero-order valence-electron chi connectivity index (χ0n) is 8.90. The number of carbonyl (C=O) groups excluding carboxylic acids is 1. The monoisotopic (exact) mass is 205 g/mol. The van der Waals surface area contributed by atoms with Crippen molar-refractivity contribution in [3.05, 3.63) is 29.8 Å². The maximum absolute atomic E-state index is 11.7. The predicted molar refractivity (Wildman–Crippen MR) is 59.0 cm³/mol. The Kier molecular flexibility index (Phi) is 3.02. The van der Waals surface area contributed by atoms with Crippen LogP contribution in [-0.2, 0) is 16.0 Å². The molecule has 1 aromatic rings. The van der Waals surface area contributed by atoms with E-state index in [-0.39, 0.29) is 5.91 Å². The second-order valence-corrected chi connectivity index (χ2v) is 3.67. The van der Waals surface area contributed by atoms with E-state index in [4.69, 9.17) is 4.74 Å². The first-order valence-corrected chi connectivity index (χ1v) is 5.20. The highest BCUT2D eigenvalue weighted by molar-refractivity contribution is 5.96. The molecular formula is C12H15NO2. The van der Waals surface area contributed by atoms with Gasteiger partial charge in [-0.3, -0.25) is 4.79 Å².